The van der Waals surface area contributed by atoms with E-state index in [0.717, 1.165) is 24.9 Å². The molecule has 1 aliphatic rings. The summed E-state index contributed by atoms with van der Waals surface area (Å²) in [5.74, 6) is -0.298. The van der Waals surface area contributed by atoms with Crippen molar-refractivity contribution in [3.05, 3.63) is 41.7 Å². The van der Waals surface area contributed by atoms with Crippen molar-refractivity contribution >= 4 is 11.9 Å². The monoisotopic (exact) mass is 356 g/mol. The van der Waals surface area contributed by atoms with Gasteiger partial charge in [-0.1, -0.05) is 31.5 Å². The largest absolute Gasteiger partial charge is 0.337 e. The highest BCUT2D eigenvalue weighted by molar-refractivity contribution is 5.94. The predicted molar refractivity (Wildman–Crippen MR) is 96.8 cm³/mol. The van der Waals surface area contributed by atoms with E-state index in [1.165, 1.54) is 14.8 Å². The Morgan fingerprint density at radius 3 is 2.58 bits per heavy atom. The van der Waals surface area contributed by atoms with Crippen LogP contribution < -0.4 is 5.32 Å². The number of carbonyl (C=O) groups excluding carboxylic acids is 2. The molecule has 3 rings (SSSR count). The predicted octanol–water partition coefficient (Wildman–Crippen LogP) is 2.15. The van der Waals surface area contributed by atoms with E-state index in [1.54, 1.807) is 6.92 Å². The van der Waals surface area contributed by atoms with E-state index in [4.69, 9.17) is 0 Å². The Bertz CT molecular complexity index is 773. The minimum atomic E-state index is -0.298. The number of unbranched alkanes of at least 4 members (excludes halogenated alkanes) is 1. The summed E-state index contributed by atoms with van der Waals surface area (Å²) in [4.78, 5) is 26.8. The van der Waals surface area contributed by atoms with Gasteiger partial charge in [-0.15, -0.1) is 5.10 Å². The van der Waals surface area contributed by atoms with E-state index in [2.05, 4.69) is 22.4 Å². The number of hydrazine groups is 1. The van der Waals surface area contributed by atoms with Gasteiger partial charge in [0.1, 0.15) is 0 Å². The molecule has 0 saturated carbocycles. The Balaban J connectivity index is 1.76. The number of nitrogens with one attached hydrogen (secondary N) is 1. The number of benzene rings is 1. The van der Waals surface area contributed by atoms with Gasteiger partial charge in [0.2, 0.25) is 0 Å². The molecule has 1 saturated heterocycles. The number of amides is 3. The van der Waals surface area contributed by atoms with Gasteiger partial charge < -0.3 is 5.32 Å². The molecule has 3 amide bonds. The van der Waals surface area contributed by atoms with Crippen LogP contribution in [0.5, 0.6) is 0 Å². The van der Waals surface area contributed by atoms with E-state index in [1.807, 2.05) is 30.3 Å². The number of aryl methyl sites for hydroxylation is 1. The Morgan fingerprint density at radius 2 is 1.85 bits per heavy atom. The van der Waals surface area contributed by atoms with Crippen LogP contribution >= 0.6 is 0 Å². The molecule has 0 spiro atoms. The molecule has 0 unspecified atom stereocenters. The zero-order valence-electron chi connectivity index (χ0n) is 15.2. The third-order valence-electron chi connectivity index (χ3n) is 4.28. The zero-order valence-corrected chi connectivity index (χ0v) is 15.2. The summed E-state index contributed by atoms with van der Waals surface area (Å²) < 4.78 is 0. The Kier molecular flexibility index (Phi) is 5.50. The summed E-state index contributed by atoms with van der Waals surface area (Å²) in [6.07, 6.45) is 2.67. The van der Waals surface area contributed by atoms with E-state index in [0.29, 0.717) is 25.3 Å². The first-order chi connectivity index (χ1) is 12.6. The van der Waals surface area contributed by atoms with Crippen molar-refractivity contribution in [3.63, 3.8) is 0 Å². The molecule has 2 heterocycles. The number of urea groups is 1. The summed E-state index contributed by atoms with van der Waals surface area (Å²) in [5.41, 5.74) is 1.59. The minimum Gasteiger partial charge on any atom is -0.337 e. The van der Waals surface area contributed by atoms with E-state index in [9.17, 15) is 9.59 Å². The summed E-state index contributed by atoms with van der Waals surface area (Å²) in [5, 5.41) is 14.5. The zero-order chi connectivity index (χ0) is 18.5. The molecular formula is C18H24N6O2. The first kappa shape index (κ1) is 17.9. The highest BCUT2D eigenvalue weighted by atomic mass is 16.2. The average molecular weight is 356 g/mol. The van der Waals surface area contributed by atoms with Gasteiger partial charge in [-0.2, -0.15) is 9.90 Å². The molecule has 0 bridgehead atoms. The third-order valence-corrected chi connectivity index (χ3v) is 4.28. The van der Waals surface area contributed by atoms with Crippen LogP contribution in [0.2, 0.25) is 0 Å². The summed E-state index contributed by atoms with van der Waals surface area (Å²) >= 11 is 0. The number of aromatic nitrogens is 3. The first-order valence-electron chi connectivity index (χ1n) is 8.98. The molecule has 1 aromatic heterocycles. The van der Waals surface area contributed by atoms with Gasteiger partial charge in [0, 0.05) is 19.6 Å². The fourth-order valence-electron chi connectivity index (χ4n) is 2.87. The fourth-order valence-corrected chi connectivity index (χ4v) is 2.87. The van der Waals surface area contributed by atoms with Gasteiger partial charge in [-0.25, -0.2) is 14.8 Å². The molecule has 1 aromatic carbocycles. The van der Waals surface area contributed by atoms with Crippen molar-refractivity contribution in [2.24, 2.45) is 0 Å². The van der Waals surface area contributed by atoms with Crippen molar-refractivity contribution in [3.8, 4) is 5.69 Å². The van der Waals surface area contributed by atoms with Crippen molar-refractivity contribution < 1.29 is 9.59 Å². The quantitative estimate of drug-likeness (QED) is 0.832. The smallest absolute Gasteiger partial charge is 0.336 e. The molecule has 138 valence electrons. The fraction of sp³-hybridized carbons (Fsp3) is 0.444. The Morgan fingerprint density at radius 1 is 1.12 bits per heavy atom. The topological polar surface area (TPSA) is 83.4 Å². The van der Waals surface area contributed by atoms with Crippen LogP contribution in [-0.4, -0.2) is 56.6 Å². The SMILES string of the molecule is CCCCNC(=O)N1CCCN1C(=O)c1nn(-c2ccccc2)nc1C. The number of nitrogens with zero attached hydrogens (tertiary/aromatic N) is 5. The van der Waals surface area contributed by atoms with Gasteiger partial charge in [-0.3, -0.25) is 4.79 Å². The highest BCUT2D eigenvalue weighted by Gasteiger charge is 2.33. The van der Waals surface area contributed by atoms with Gasteiger partial charge in [-0.05, 0) is 31.9 Å². The van der Waals surface area contributed by atoms with Crippen molar-refractivity contribution in [1.29, 1.82) is 0 Å². The lowest BCUT2D eigenvalue weighted by atomic mass is 10.3. The molecule has 1 N–H and O–H groups in total. The number of para-hydroxylation sites is 1. The van der Waals surface area contributed by atoms with Gasteiger partial charge >= 0.3 is 6.03 Å². The van der Waals surface area contributed by atoms with Crippen LogP contribution in [-0.2, 0) is 0 Å². The lowest BCUT2D eigenvalue weighted by Gasteiger charge is -2.27. The lowest BCUT2D eigenvalue weighted by molar-refractivity contribution is 0.0370. The van der Waals surface area contributed by atoms with Gasteiger partial charge in [0.15, 0.2) is 5.69 Å². The van der Waals surface area contributed by atoms with E-state index in [-0.39, 0.29) is 17.6 Å². The van der Waals surface area contributed by atoms with Crippen LogP contribution in [0.25, 0.3) is 5.69 Å². The number of carbonyl (C=O) groups is 2. The van der Waals surface area contributed by atoms with Crippen LogP contribution in [0.1, 0.15) is 42.4 Å². The minimum absolute atomic E-state index is 0.239. The number of hydrogen-bond donors (Lipinski definition) is 1. The van der Waals surface area contributed by atoms with Crippen LogP contribution in [0, 0.1) is 6.92 Å². The number of hydrogen-bond acceptors (Lipinski definition) is 4. The van der Waals surface area contributed by atoms with Crippen molar-refractivity contribution in [2.45, 2.75) is 33.1 Å². The van der Waals surface area contributed by atoms with E-state index < -0.39 is 0 Å². The Hall–Kier alpha value is -2.90. The summed E-state index contributed by atoms with van der Waals surface area (Å²) in [6.45, 7) is 5.45. The van der Waals surface area contributed by atoms with Gasteiger partial charge in [0.25, 0.3) is 5.91 Å². The molecule has 0 atom stereocenters. The highest BCUT2D eigenvalue weighted by Crippen LogP contribution is 2.17. The summed E-state index contributed by atoms with van der Waals surface area (Å²) in [6, 6.07) is 9.19. The average Bonchev–Trinajstić information content (AvgIpc) is 3.29. The second-order valence-corrected chi connectivity index (χ2v) is 6.25. The molecule has 2 aromatic rings. The molecular weight excluding hydrogens is 332 g/mol. The molecule has 1 fully saturated rings. The van der Waals surface area contributed by atoms with Crippen LogP contribution in [0.4, 0.5) is 4.79 Å². The van der Waals surface area contributed by atoms with Crippen LogP contribution in [0.3, 0.4) is 0 Å². The standard InChI is InChI=1S/C18H24N6O2/c1-3-4-11-19-18(26)23-13-8-12-22(23)17(25)16-14(2)20-24(21-16)15-9-6-5-7-10-15/h5-7,9-10H,3-4,8,11-13H2,1-2H3,(H,19,26). The maximum absolute atomic E-state index is 12.9. The van der Waals surface area contributed by atoms with E-state index >= 15 is 0 Å². The maximum Gasteiger partial charge on any atom is 0.336 e. The van der Waals surface area contributed by atoms with Crippen LogP contribution in [0.15, 0.2) is 30.3 Å². The van der Waals surface area contributed by atoms with Crippen molar-refractivity contribution in [1.82, 2.24) is 30.3 Å². The molecule has 0 aliphatic carbocycles. The molecule has 0 radical (unpaired) electrons. The first-order valence-corrected chi connectivity index (χ1v) is 8.98. The third kappa shape index (κ3) is 3.68. The van der Waals surface area contributed by atoms with Crippen molar-refractivity contribution in [2.75, 3.05) is 19.6 Å². The second kappa shape index (κ2) is 7.99. The molecule has 8 nitrogen and oxygen atoms in total. The molecule has 1 aliphatic heterocycles. The maximum atomic E-state index is 12.9. The lowest BCUT2D eigenvalue weighted by Crippen LogP contribution is -2.49. The second-order valence-electron chi connectivity index (χ2n) is 6.25. The normalized spacial score (nSPS) is 13.9. The molecule has 8 heteroatoms. The molecule has 26 heavy (non-hydrogen) atoms. The van der Waals surface area contributed by atoms with Gasteiger partial charge in [0.05, 0.1) is 11.4 Å². The number of rotatable bonds is 5. The summed E-state index contributed by atoms with van der Waals surface area (Å²) in [7, 11) is 0. The Labute approximate surface area is 152 Å².